The lowest BCUT2D eigenvalue weighted by atomic mass is 9.99. The molecule has 0 saturated carbocycles. The first-order chi connectivity index (χ1) is 18.5. The highest BCUT2D eigenvalue weighted by Gasteiger charge is 2.24. The molecular weight excluding hydrogens is 502 g/mol. The third-order valence-electron chi connectivity index (χ3n) is 6.38. The first-order valence-electron chi connectivity index (χ1n) is 11.8. The largest absolute Gasteiger partial charge is 0.361 e. The molecule has 0 aliphatic rings. The van der Waals surface area contributed by atoms with E-state index in [9.17, 15) is 9.59 Å². The van der Waals surface area contributed by atoms with Crippen LogP contribution in [0.3, 0.4) is 0 Å². The van der Waals surface area contributed by atoms with Gasteiger partial charge < -0.3 is 10.3 Å². The van der Waals surface area contributed by atoms with E-state index in [-0.39, 0.29) is 11.0 Å². The summed E-state index contributed by atoms with van der Waals surface area (Å²) >= 11 is 7.11. The van der Waals surface area contributed by atoms with Gasteiger partial charge in [0.1, 0.15) is 29.5 Å². The maximum atomic E-state index is 14.3. The van der Waals surface area contributed by atoms with E-state index in [0.717, 1.165) is 0 Å². The number of aromatic amines is 1. The van der Waals surface area contributed by atoms with Gasteiger partial charge in [-0.25, -0.2) is 19.9 Å². The Kier molecular flexibility index (Phi) is 5.89. The number of hydrogen-bond donors (Lipinski definition) is 2. The highest BCUT2D eigenvalue weighted by Crippen LogP contribution is 2.36. The topological polar surface area (TPSA) is 118 Å². The van der Waals surface area contributed by atoms with Gasteiger partial charge >= 0.3 is 0 Å². The summed E-state index contributed by atoms with van der Waals surface area (Å²) in [6.07, 6.45) is 7.67. The molecule has 2 aromatic carbocycles. The molecule has 0 aliphatic carbocycles. The van der Waals surface area contributed by atoms with Gasteiger partial charge in [0, 0.05) is 41.3 Å². The van der Waals surface area contributed by atoms with Crippen molar-refractivity contribution in [2.45, 2.75) is 13.0 Å². The van der Waals surface area contributed by atoms with Crippen molar-refractivity contribution < 1.29 is 0 Å². The summed E-state index contributed by atoms with van der Waals surface area (Å²) in [5, 5.41) is 5.06. The average Bonchev–Trinajstić information content (AvgIpc) is 2.95. The van der Waals surface area contributed by atoms with Crippen LogP contribution in [0.1, 0.15) is 18.7 Å². The molecule has 38 heavy (non-hydrogen) atoms. The molecule has 186 valence electrons. The minimum Gasteiger partial charge on any atom is -0.361 e. The molecule has 0 amide bonds. The van der Waals surface area contributed by atoms with Gasteiger partial charge in [0.2, 0.25) is 0 Å². The molecule has 9 nitrogen and oxygen atoms in total. The van der Waals surface area contributed by atoms with Crippen LogP contribution in [0.15, 0.2) is 95.4 Å². The standard InChI is InChI=1S/C28H20ClN7O2/c1-16(35-27-23-21(37)10-11-32-26(23)33-15-34-27)25-24(29)20-9-5-8-19(17-12-30-14-31-13-17)22(20)28(38)36(25)18-6-3-2-4-7-18/h2-16H,1H3,(H2,32,33,34,35,37)/t16-/m0/s1. The number of H-pyrrole nitrogens is 1. The zero-order chi connectivity index (χ0) is 26.2. The number of fused-ring (bicyclic) bond motifs is 2. The predicted octanol–water partition coefficient (Wildman–Crippen LogP) is 4.91. The molecule has 1 atom stereocenters. The Morgan fingerprint density at radius 3 is 2.50 bits per heavy atom. The number of aromatic nitrogens is 6. The summed E-state index contributed by atoms with van der Waals surface area (Å²) in [7, 11) is 0. The van der Waals surface area contributed by atoms with E-state index in [4.69, 9.17) is 11.6 Å². The molecule has 0 saturated heterocycles. The predicted molar refractivity (Wildman–Crippen MR) is 148 cm³/mol. The molecular formula is C28H20ClN7O2. The van der Waals surface area contributed by atoms with E-state index in [0.29, 0.717) is 55.2 Å². The highest BCUT2D eigenvalue weighted by atomic mass is 35.5. The number of benzene rings is 2. The molecule has 2 N–H and O–H groups in total. The first-order valence-corrected chi connectivity index (χ1v) is 12.2. The number of halogens is 1. The van der Waals surface area contributed by atoms with Crippen molar-refractivity contribution in [1.82, 2.24) is 29.5 Å². The molecule has 0 spiro atoms. The summed E-state index contributed by atoms with van der Waals surface area (Å²) in [4.78, 5) is 46.6. The number of anilines is 1. The van der Waals surface area contributed by atoms with Gasteiger partial charge in [0.25, 0.3) is 5.56 Å². The second kappa shape index (κ2) is 9.53. The fourth-order valence-corrected chi connectivity index (χ4v) is 5.12. The van der Waals surface area contributed by atoms with Gasteiger partial charge in [-0.15, -0.1) is 0 Å². The van der Waals surface area contributed by atoms with Gasteiger partial charge in [0.05, 0.1) is 22.1 Å². The normalized spacial score (nSPS) is 12.1. The molecule has 4 aromatic heterocycles. The quantitative estimate of drug-likeness (QED) is 0.331. The van der Waals surface area contributed by atoms with Crippen LogP contribution < -0.4 is 16.3 Å². The van der Waals surface area contributed by atoms with Gasteiger partial charge in [-0.05, 0) is 24.6 Å². The van der Waals surface area contributed by atoms with Crippen molar-refractivity contribution >= 4 is 39.2 Å². The zero-order valence-electron chi connectivity index (χ0n) is 20.1. The van der Waals surface area contributed by atoms with E-state index >= 15 is 0 Å². The number of rotatable bonds is 5. The summed E-state index contributed by atoms with van der Waals surface area (Å²) in [5.74, 6) is 0.336. The lowest BCUT2D eigenvalue weighted by Gasteiger charge is -2.24. The van der Waals surface area contributed by atoms with Gasteiger partial charge in [-0.2, -0.15) is 0 Å². The molecule has 4 heterocycles. The van der Waals surface area contributed by atoms with Gasteiger partial charge in [0.15, 0.2) is 5.43 Å². The average molecular weight is 522 g/mol. The van der Waals surface area contributed by atoms with Crippen molar-refractivity contribution in [3.8, 4) is 16.8 Å². The Morgan fingerprint density at radius 1 is 0.921 bits per heavy atom. The van der Waals surface area contributed by atoms with Crippen LogP contribution in [0.5, 0.6) is 0 Å². The Morgan fingerprint density at radius 2 is 1.71 bits per heavy atom. The van der Waals surface area contributed by atoms with Crippen molar-refractivity contribution in [3.63, 3.8) is 0 Å². The first kappa shape index (κ1) is 23.5. The lowest BCUT2D eigenvalue weighted by molar-refractivity contribution is 0.774. The number of nitrogens with one attached hydrogen (secondary N) is 2. The Balaban J connectivity index is 1.62. The van der Waals surface area contributed by atoms with Crippen molar-refractivity contribution in [2.24, 2.45) is 0 Å². The maximum absolute atomic E-state index is 14.3. The van der Waals surface area contributed by atoms with E-state index in [1.807, 2.05) is 55.5 Å². The SMILES string of the molecule is C[C@H](Nc1ncnc2[nH]ccc(=O)c12)c1c(Cl)c2cccc(-c3cncnc3)c2c(=O)n1-c1ccccc1. The lowest BCUT2D eigenvalue weighted by Crippen LogP contribution is -2.27. The molecule has 0 bridgehead atoms. The number of para-hydroxylation sites is 1. The monoisotopic (exact) mass is 521 g/mol. The fraction of sp³-hybridized carbons (Fsp3) is 0.0714. The third kappa shape index (κ3) is 3.89. The Hall–Kier alpha value is -4.89. The molecule has 10 heteroatoms. The Bertz CT molecular complexity index is 1920. The van der Waals surface area contributed by atoms with Crippen LogP contribution in [-0.2, 0) is 0 Å². The summed E-state index contributed by atoms with van der Waals surface area (Å²) in [6, 6.07) is 15.7. The maximum Gasteiger partial charge on any atom is 0.263 e. The molecule has 0 radical (unpaired) electrons. The number of pyridine rings is 2. The fourth-order valence-electron chi connectivity index (χ4n) is 4.71. The third-order valence-corrected chi connectivity index (χ3v) is 6.78. The zero-order valence-corrected chi connectivity index (χ0v) is 20.8. The van der Waals surface area contributed by atoms with Crippen LogP contribution >= 0.6 is 11.6 Å². The molecule has 6 aromatic rings. The van der Waals surface area contributed by atoms with Crippen LogP contribution in [0.4, 0.5) is 5.82 Å². The van der Waals surface area contributed by atoms with Crippen LogP contribution in [0, 0.1) is 0 Å². The minimum absolute atomic E-state index is 0.228. The van der Waals surface area contributed by atoms with E-state index in [1.165, 1.54) is 24.9 Å². The second-order valence-corrected chi connectivity index (χ2v) is 9.06. The molecule has 0 fully saturated rings. The van der Waals surface area contributed by atoms with Crippen LogP contribution in [0.25, 0.3) is 38.6 Å². The van der Waals surface area contributed by atoms with Crippen molar-refractivity contribution in [2.75, 3.05) is 5.32 Å². The summed E-state index contributed by atoms with van der Waals surface area (Å²) in [6.45, 7) is 1.87. The van der Waals surface area contributed by atoms with Crippen LogP contribution in [0.2, 0.25) is 5.02 Å². The van der Waals surface area contributed by atoms with E-state index in [1.54, 1.807) is 17.0 Å². The number of nitrogens with zero attached hydrogens (tertiary/aromatic N) is 5. The van der Waals surface area contributed by atoms with E-state index < -0.39 is 6.04 Å². The number of hydrogen-bond acceptors (Lipinski definition) is 7. The van der Waals surface area contributed by atoms with Gasteiger partial charge in [-0.3, -0.25) is 14.2 Å². The van der Waals surface area contributed by atoms with Crippen molar-refractivity contribution in [1.29, 1.82) is 0 Å². The summed E-state index contributed by atoms with van der Waals surface area (Å²) in [5.41, 5.74) is 2.49. The Labute approximate surface area is 220 Å². The molecule has 6 rings (SSSR count). The van der Waals surface area contributed by atoms with Gasteiger partial charge in [-0.1, -0.05) is 48.0 Å². The molecule has 0 aliphatic heterocycles. The summed E-state index contributed by atoms with van der Waals surface area (Å²) < 4.78 is 1.60. The van der Waals surface area contributed by atoms with Crippen LogP contribution in [-0.4, -0.2) is 29.5 Å². The highest BCUT2D eigenvalue weighted by molar-refractivity contribution is 6.36. The minimum atomic E-state index is -0.527. The second-order valence-electron chi connectivity index (χ2n) is 8.68. The van der Waals surface area contributed by atoms with Crippen molar-refractivity contribution in [3.05, 3.63) is 117 Å². The molecule has 0 unspecified atom stereocenters. The van der Waals surface area contributed by atoms with E-state index in [2.05, 4.69) is 30.2 Å². The smallest absolute Gasteiger partial charge is 0.263 e.